The molecule has 1 N–H and O–H groups in total. The highest BCUT2D eigenvalue weighted by Gasteiger charge is 2.41. The standard InChI is InChI=1S/C17H34BN2Si/c1-14(2)20(15(3)4)18-12-10-16(11-13-18)21(8,9)19-17(5,6)7/h10-15,19H,1-9H3. The van der Waals surface area contributed by atoms with Crippen molar-refractivity contribution in [2.75, 3.05) is 0 Å². The fourth-order valence-electron chi connectivity index (χ4n) is 3.43. The van der Waals surface area contributed by atoms with Gasteiger partial charge in [0.2, 0.25) is 6.85 Å². The normalized spacial score (nSPS) is 19.1. The maximum absolute atomic E-state index is 3.84. The van der Waals surface area contributed by atoms with E-state index in [1.54, 1.807) is 0 Å². The molecule has 0 amide bonds. The van der Waals surface area contributed by atoms with E-state index >= 15 is 0 Å². The molecular formula is C17H34BN2Si. The molecule has 0 atom stereocenters. The lowest BCUT2D eigenvalue weighted by Crippen LogP contribution is -2.60. The predicted molar refractivity (Wildman–Crippen MR) is 98.7 cm³/mol. The van der Waals surface area contributed by atoms with Gasteiger partial charge in [-0.2, -0.15) is 0 Å². The van der Waals surface area contributed by atoms with Crippen molar-refractivity contribution in [3.8, 4) is 0 Å². The van der Waals surface area contributed by atoms with Gasteiger partial charge in [0.05, 0.1) is 0 Å². The second-order valence-corrected chi connectivity index (χ2v) is 12.4. The van der Waals surface area contributed by atoms with Gasteiger partial charge in [-0.15, -0.1) is 0 Å². The van der Waals surface area contributed by atoms with Crippen molar-refractivity contribution >= 4 is 15.1 Å². The van der Waals surface area contributed by atoms with Crippen LogP contribution in [0.1, 0.15) is 48.5 Å². The Morgan fingerprint density at radius 1 is 1.00 bits per heavy atom. The van der Waals surface area contributed by atoms with E-state index < -0.39 is 8.24 Å². The van der Waals surface area contributed by atoms with E-state index in [4.69, 9.17) is 0 Å². The average Bonchev–Trinajstić information content (AvgIpc) is 2.25. The third kappa shape index (κ3) is 5.72. The highest BCUT2D eigenvalue weighted by molar-refractivity contribution is 6.82. The largest absolute Gasteiger partial charge is 0.337 e. The average molecular weight is 305 g/mol. The molecule has 1 aliphatic heterocycles. The number of nitrogens with one attached hydrogen (secondary N) is 1. The number of nitrogens with zero attached hydrogens (tertiary/aromatic N) is 1. The molecule has 119 valence electrons. The lowest BCUT2D eigenvalue weighted by Gasteiger charge is -2.44. The Kier molecular flexibility index (Phi) is 6.58. The smallest absolute Gasteiger partial charge is 0.229 e. The summed E-state index contributed by atoms with van der Waals surface area (Å²) in [4.78, 5) is 6.39. The van der Waals surface area contributed by atoms with E-state index in [-0.39, 0.29) is 5.54 Å². The van der Waals surface area contributed by atoms with E-state index in [1.807, 2.05) is 0 Å². The molecule has 0 aromatic rings. The van der Waals surface area contributed by atoms with Gasteiger partial charge in [-0.05, 0) is 63.9 Å². The van der Waals surface area contributed by atoms with Gasteiger partial charge in [0.15, 0.2) is 0 Å². The molecule has 0 aliphatic carbocycles. The minimum atomic E-state index is -1.58. The zero-order valence-electron chi connectivity index (χ0n) is 15.5. The van der Waals surface area contributed by atoms with Crippen molar-refractivity contribution in [2.45, 2.75) is 79.2 Å². The molecule has 1 fully saturated rings. The SMILES string of the molecule is CC(C)N(B1[CH][CH][C]([Si](C)(C)NC(C)(C)C)[CH][CH]1)C(C)C. The summed E-state index contributed by atoms with van der Waals surface area (Å²) in [5.41, 5.74) is 1.66. The van der Waals surface area contributed by atoms with Gasteiger partial charge in [0.1, 0.15) is 8.24 Å². The summed E-state index contributed by atoms with van der Waals surface area (Å²) >= 11 is 0. The van der Waals surface area contributed by atoms with Gasteiger partial charge in [-0.25, -0.2) is 0 Å². The van der Waals surface area contributed by atoms with Crippen molar-refractivity contribution < 1.29 is 0 Å². The third-order valence-electron chi connectivity index (χ3n) is 3.89. The number of hydrogen-bond acceptors (Lipinski definition) is 2. The Labute approximate surface area is 135 Å². The molecular weight excluding hydrogens is 271 g/mol. The Bertz CT molecular complexity index is 307. The fourth-order valence-corrected chi connectivity index (χ4v) is 6.48. The molecule has 1 heterocycles. The van der Waals surface area contributed by atoms with Gasteiger partial charge in [-0.3, -0.25) is 0 Å². The summed E-state index contributed by atoms with van der Waals surface area (Å²) < 4.78 is 0. The molecule has 21 heavy (non-hydrogen) atoms. The monoisotopic (exact) mass is 305 g/mol. The number of hydrogen-bond donors (Lipinski definition) is 1. The minimum absolute atomic E-state index is 0.170. The van der Waals surface area contributed by atoms with Crippen LogP contribution >= 0.6 is 0 Å². The first-order chi connectivity index (χ1) is 9.44. The Hall–Kier alpha value is 0.202. The molecule has 0 unspecified atom stereocenters. The molecule has 2 nitrogen and oxygen atoms in total. The van der Waals surface area contributed by atoms with Crippen LogP contribution in [0.4, 0.5) is 0 Å². The Morgan fingerprint density at radius 3 is 1.76 bits per heavy atom. The predicted octanol–water partition coefficient (Wildman–Crippen LogP) is 3.71. The van der Waals surface area contributed by atoms with Crippen LogP contribution in [0.15, 0.2) is 0 Å². The summed E-state index contributed by atoms with van der Waals surface area (Å²) in [6.45, 7) is 21.1. The van der Waals surface area contributed by atoms with E-state index in [0.717, 1.165) is 0 Å². The van der Waals surface area contributed by atoms with E-state index in [2.05, 4.69) is 96.8 Å². The zero-order chi connectivity index (χ0) is 16.4. The highest BCUT2D eigenvalue weighted by atomic mass is 28.3. The summed E-state index contributed by atoms with van der Waals surface area (Å²) in [5.74, 6) is 0. The second-order valence-electron chi connectivity index (χ2n) is 8.30. The summed E-state index contributed by atoms with van der Waals surface area (Å²) in [6.07, 6.45) is 9.45. The molecule has 1 rings (SSSR count). The van der Waals surface area contributed by atoms with Crippen molar-refractivity contribution in [1.29, 1.82) is 0 Å². The first kappa shape index (κ1) is 19.2. The summed E-state index contributed by atoms with van der Waals surface area (Å²) in [6, 6.07) is 1.12. The van der Waals surface area contributed by atoms with E-state index in [0.29, 0.717) is 18.9 Å². The third-order valence-corrected chi connectivity index (χ3v) is 7.04. The van der Waals surface area contributed by atoms with Gasteiger partial charge in [-0.1, -0.05) is 40.8 Å². The first-order valence-electron chi connectivity index (χ1n) is 8.24. The van der Waals surface area contributed by atoms with Crippen molar-refractivity contribution in [3.05, 3.63) is 31.0 Å². The lowest BCUT2D eigenvalue weighted by atomic mass is 9.49. The maximum Gasteiger partial charge on any atom is 0.229 e. The number of rotatable bonds is 5. The van der Waals surface area contributed by atoms with Gasteiger partial charge in [0, 0.05) is 5.54 Å². The molecule has 4 heteroatoms. The highest BCUT2D eigenvalue weighted by Crippen LogP contribution is 2.32. The Morgan fingerprint density at radius 2 is 1.43 bits per heavy atom. The molecule has 0 bridgehead atoms. The van der Waals surface area contributed by atoms with Crippen molar-refractivity contribution in [1.82, 2.24) is 9.79 Å². The molecule has 0 saturated carbocycles. The minimum Gasteiger partial charge on any atom is -0.337 e. The van der Waals surface area contributed by atoms with Crippen LogP contribution in [0.5, 0.6) is 0 Å². The van der Waals surface area contributed by atoms with E-state index in [1.165, 1.54) is 5.54 Å². The van der Waals surface area contributed by atoms with Gasteiger partial charge in [0.25, 0.3) is 0 Å². The molecule has 5 radical (unpaired) electrons. The van der Waals surface area contributed by atoms with Crippen LogP contribution in [0.3, 0.4) is 0 Å². The van der Waals surface area contributed by atoms with Crippen molar-refractivity contribution in [3.63, 3.8) is 0 Å². The summed E-state index contributed by atoms with van der Waals surface area (Å²) in [7, 11) is -1.58. The second kappa shape index (κ2) is 7.18. The van der Waals surface area contributed by atoms with Crippen LogP contribution < -0.4 is 4.98 Å². The topological polar surface area (TPSA) is 15.3 Å². The quantitative estimate of drug-likeness (QED) is 0.779. The van der Waals surface area contributed by atoms with Crippen LogP contribution in [-0.4, -0.2) is 37.5 Å². The van der Waals surface area contributed by atoms with E-state index in [9.17, 15) is 0 Å². The molecule has 1 saturated heterocycles. The maximum atomic E-state index is 3.84. The van der Waals surface area contributed by atoms with Crippen LogP contribution in [-0.2, 0) is 0 Å². The van der Waals surface area contributed by atoms with Crippen LogP contribution in [0, 0.1) is 31.0 Å². The fraction of sp³-hybridized carbons (Fsp3) is 0.706. The van der Waals surface area contributed by atoms with Gasteiger partial charge < -0.3 is 9.79 Å². The molecule has 1 aliphatic rings. The molecule has 0 spiro atoms. The van der Waals surface area contributed by atoms with Crippen LogP contribution in [0.2, 0.25) is 13.1 Å². The Balaban J connectivity index is 2.63. The van der Waals surface area contributed by atoms with Gasteiger partial charge >= 0.3 is 0 Å². The zero-order valence-corrected chi connectivity index (χ0v) is 16.5. The summed E-state index contributed by atoms with van der Waals surface area (Å²) in [5, 5.41) is 0. The van der Waals surface area contributed by atoms with Crippen LogP contribution in [0.25, 0.3) is 0 Å². The van der Waals surface area contributed by atoms with Crippen molar-refractivity contribution in [2.24, 2.45) is 0 Å². The first-order valence-corrected chi connectivity index (χ1v) is 11.2. The lowest BCUT2D eigenvalue weighted by molar-refractivity contribution is 0.306. The molecule has 0 aromatic carbocycles. The molecule has 0 aromatic heterocycles.